The van der Waals surface area contributed by atoms with Gasteiger partial charge in [-0.15, -0.1) is 0 Å². The summed E-state index contributed by atoms with van der Waals surface area (Å²) in [6.07, 6.45) is 8.53. The largest absolute Gasteiger partial charge is 0.309 e. The maximum Gasteiger partial charge on any atom is 0.147 e. The predicted octanol–water partition coefficient (Wildman–Crippen LogP) is 8.25. The molecule has 0 fully saturated rings. The highest BCUT2D eigenvalue weighted by molar-refractivity contribution is 6.30. The third kappa shape index (κ3) is 2.63. The number of aromatic nitrogens is 5. The van der Waals surface area contributed by atoms with Crippen molar-refractivity contribution in [3.63, 3.8) is 0 Å². The van der Waals surface area contributed by atoms with E-state index in [0.717, 1.165) is 50.5 Å². The smallest absolute Gasteiger partial charge is 0.147 e. The van der Waals surface area contributed by atoms with Crippen molar-refractivity contribution in [2.45, 2.75) is 6.42 Å². The maximum absolute atomic E-state index is 5.23. The predicted molar refractivity (Wildman–Crippen MR) is 166 cm³/mol. The summed E-state index contributed by atoms with van der Waals surface area (Å²) in [5, 5.41) is 5.86. The Morgan fingerprint density at radius 1 is 0.585 bits per heavy atom. The first-order chi connectivity index (χ1) is 20.4. The number of para-hydroxylation sites is 1. The highest BCUT2D eigenvalue weighted by Gasteiger charge is 2.27. The quantitative estimate of drug-likeness (QED) is 0.204. The van der Waals surface area contributed by atoms with Gasteiger partial charge in [0.05, 0.1) is 33.8 Å². The standard InChI is InChI=1S/C36H21N5/c1-2-7-23(8-3-1)40-30-13-12-25-27-19-37-17-15-29(27)41-31-20-38-16-14-28(31)39-36(41)34(25)33(30)26-11-10-22-18-21-6-4-5-9-24(21)32(22)35(26)40/h1-17,19-20H,18H2. The monoisotopic (exact) mass is 523 g/mol. The van der Waals surface area contributed by atoms with Gasteiger partial charge in [-0.05, 0) is 58.8 Å². The van der Waals surface area contributed by atoms with Crippen molar-refractivity contribution in [1.29, 1.82) is 0 Å². The van der Waals surface area contributed by atoms with E-state index in [-0.39, 0.29) is 0 Å². The first-order valence-corrected chi connectivity index (χ1v) is 13.9. The normalized spacial score (nSPS) is 12.8. The van der Waals surface area contributed by atoms with Gasteiger partial charge in [-0.1, -0.05) is 60.7 Å². The van der Waals surface area contributed by atoms with Gasteiger partial charge in [-0.3, -0.25) is 14.4 Å². The van der Waals surface area contributed by atoms with Crippen LogP contribution in [0.2, 0.25) is 0 Å². The lowest BCUT2D eigenvalue weighted by Crippen LogP contribution is -1.96. The fourth-order valence-electron chi connectivity index (χ4n) is 7.24. The van der Waals surface area contributed by atoms with Crippen molar-refractivity contribution in [3.8, 4) is 16.8 Å². The minimum absolute atomic E-state index is 0.934. The van der Waals surface area contributed by atoms with Gasteiger partial charge in [0.2, 0.25) is 0 Å². The van der Waals surface area contributed by atoms with Gasteiger partial charge in [-0.25, -0.2) is 4.98 Å². The summed E-state index contributed by atoms with van der Waals surface area (Å²) in [5.74, 6) is 0. The second kappa shape index (κ2) is 7.55. The lowest BCUT2D eigenvalue weighted by atomic mass is 9.99. The number of pyridine rings is 3. The molecule has 41 heavy (non-hydrogen) atoms. The van der Waals surface area contributed by atoms with E-state index in [0.29, 0.717) is 0 Å². The molecule has 0 atom stereocenters. The van der Waals surface area contributed by atoms with Gasteiger partial charge in [-0.2, -0.15) is 0 Å². The van der Waals surface area contributed by atoms with Crippen molar-refractivity contribution in [2.24, 2.45) is 0 Å². The first kappa shape index (κ1) is 21.3. The molecule has 0 amide bonds. The molecule has 1 aliphatic rings. The van der Waals surface area contributed by atoms with Gasteiger partial charge in [0.1, 0.15) is 5.65 Å². The van der Waals surface area contributed by atoms with E-state index in [2.05, 4.69) is 104 Å². The van der Waals surface area contributed by atoms with Gasteiger partial charge >= 0.3 is 0 Å². The van der Waals surface area contributed by atoms with Crippen LogP contribution in [0.5, 0.6) is 0 Å². The Morgan fingerprint density at radius 3 is 2.37 bits per heavy atom. The molecule has 5 heteroatoms. The molecule has 0 bridgehead atoms. The van der Waals surface area contributed by atoms with Crippen LogP contribution in [0, 0.1) is 0 Å². The van der Waals surface area contributed by atoms with Crippen LogP contribution in [0.4, 0.5) is 0 Å². The Hall–Kier alpha value is -5.55. The van der Waals surface area contributed by atoms with Crippen LogP contribution in [0.25, 0.3) is 77.0 Å². The third-order valence-corrected chi connectivity index (χ3v) is 8.87. The molecule has 1 aliphatic carbocycles. The molecule has 0 saturated heterocycles. The Balaban J connectivity index is 1.52. The Labute approximate surface area is 234 Å². The summed E-state index contributed by atoms with van der Waals surface area (Å²) < 4.78 is 4.72. The molecule has 0 spiro atoms. The molecule has 0 radical (unpaired) electrons. The molecule has 5 nitrogen and oxygen atoms in total. The minimum atomic E-state index is 0.934. The molecule has 0 saturated carbocycles. The zero-order valence-electron chi connectivity index (χ0n) is 21.9. The number of imidazole rings is 1. The molecule has 4 aromatic carbocycles. The van der Waals surface area contributed by atoms with Crippen LogP contribution in [0.3, 0.4) is 0 Å². The fraction of sp³-hybridized carbons (Fsp3) is 0.0278. The summed E-state index contributed by atoms with van der Waals surface area (Å²) in [5.41, 5.74) is 13.0. The van der Waals surface area contributed by atoms with Crippen molar-refractivity contribution in [2.75, 3.05) is 0 Å². The second-order valence-corrected chi connectivity index (χ2v) is 10.9. The molecular weight excluding hydrogens is 502 g/mol. The molecule has 5 aromatic heterocycles. The number of hydrogen-bond acceptors (Lipinski definition) is 3. The topological polar surface area (TPSA) is 48.0 Å². The molecule has 0 aliphatic heterocycles. The summed E-state index contributed by atoms with van der Waals surface area (Å²) in [6, 6.07) is 32.9. The van der Waals surface area contributed by atoms with E-state index >= 15 is 0 Å². The molecule has 0 unspecified atom stereocenters. The average Bonchev–Trinajstić information content (AvgIpc) is 3.71. The van der Waals surface area contributed by atoms with Gasteiger partial charge in [0, 0.05) is 51.4 Å². The molecule has 5 heterocycles. The van der Waals surface area contributed by atoms with Gasteiger partial charge in [0.15, 0.2) is 0 Å². The average molecular weight is 524 g/mol. The summed E-state index contributed by atoms with van der Waals surface area (Å²) in [7, 11) is 0. The highest BCUT2D eigenvalue weighted by atomic mass is 15.0. The molecule has 10 rings (SSSR count). The van der Waals surface area contributed by atoms with Crippen LogP contribution in [0.15, 0.2) is 116 Å². The highest BCUT2D eigenvalue weighted by Crippen LogP contribution is 2.48. The summed E-state index contributed by atoms with van der Waals surface area (Å²) in [6.45, 7) is 0. The van der Waals surface area contributed by atoms with Gasteiger partial charge in [0.25, 0.3) is 0 Å². The first-order valence-electron chi connectivity index (χ1n) is 13.9. The Bertz CT molecular complexity index is 2550. The van der Waals surface area contributed by atoms with E-state index in [9.17, 15) is 0 Å². The van der Waals surface area contributed by atoms with Crippen molar-refractivity contribution < 1.29 is 0 Å². The number of hydrogen-bond donors (Lipinski definition) is 0. The summed E-state index contributed by atoms with van der Waals surface area (Å²) >= 11 is 0. The van der Waals surface area contributed by atoms with E-state index < -0.39 is 0 Å². The SMILES string of the molecule is c1ccc(-n2c3ccc4c5cnccc5n5c6cnccc6nc5c4c3c3ccc4c(c32)-c2ccccc2C4)cc1. The van der Waals surface area contributed by atoms with Crippen LogP contribution >= 0.6 is 0 Å². The van der Waals surface area contributed by atoms with E-state index in [4.69, 9.17) is 4.98 Å². The van der Waals surface area contributed by atoms with E-state index in [1.807, 2.05) is 30.9 Å². The number of fused-ring (bicyclic) bond motifs is 16. The molecule has 0 N–H and O–H groups in total. The van der Waals surface area contributed by atoms with Gasteiger partial charge < -0.3 is 4.57 Å². The maximum atomic E-state index is 5.23. The third-order valence-electron chi connectivity index (χ3n) is 8.87. The number of nitrogens with zero attached hydrogens (tertiary/aromatic N) is 5. The molecular formula is C36H21N5. The molecule has 9 aromatic rings. The molecule has 190 valence electrons. The fourth-order valence-corrected chi connectivity index (χ4v) is 7.24. The Morgan fingerprint density at radius 2 is 1.41 bits per heavy atom. The lowest BCUT2D eigenvalue weighted by Gasteiger charge is -2.12. The second-order valence-electron chi connectivity index (χ2n) is 10.9. The van der Waals surface area contributed by atoms with Crippen molar-refractivity contribution in [3.05, 3.63) is 127 Å². The zero-order chi connectivity index (χ0) is 26.7. The van der Waals surface area contributed by atoms with E-state index in [1.165, 1.54) is 44.1 Å². The van der Waals surface area contributed by atoms with Crippen LogP contribution in [0.1, 0.15) is 11.1 Å². The van der Waals surface area contributed by atoms with Crippen molar-refractivity contribution >= 4 is 60.2 Å². The van der Waals surface area contributed by atoms with Crippen LogP contribution < -0.4 is 0 Å². The lowest BCUT2D eigenvalue weighted by molar-refractivity contribution is 1.18. The Kier molecular flexibility index (Phi) is 3.92. The summed E-state index contributed by atoms with van der Waals surface area (Å²) in [4.78, 5) is 14.2. The number of rotatable bonds is 1. The zero-order valence-corrected chi connectivity index (χ0v) is 21.9. The van der Waals surface area contributed by atoms with E-state index in [1.54, 1.807) is 0 Å². The van der Waals surface area contributed by atoms with Crippen LogP contribution in [-0.4, -0.2) is 23.9 Å². The van der Waals surface area contributed by atoms with Crippen LogP contribution in [-0.2, 0) is 6.42 Å². The van der Waals surface area contributed by atoms with Crippen molar-refractivity contribution in [1.82, 2.24) is 23.9 Å². The minimum Gasteiger partial charge on any atom is -0.309 e. The number of benzene rings is 4.